The third-order valence-corrected chi connectivity index (χ3v) is 0.386. The van der Waals surface area contributed by atoms with Crippen LogP contribution >= 0.6 is 0 Å². The molecule has 0 aliphatic rings. The van der Waals surface area contributed by atoms with Crippen LogP contribution in [0.1, 0.15) is 6.92 Å². The lowest BCUT2D eigenvalue weighted by Gasteiger charge is -1.96. The molecule has 8 heavy (non-hydrogen) atoms. The largest absolute Gasteiger partial charge is 0.283 e. The van der Waals surface area contributed by atoms with Gasteiger partial charge < -0.3 is 0 Å². The van der Waals surface area contributed by atoms with Crippen LogP contribution in [-0.4, -0.2) is 25.3 Å². The third-order valence-electron chi connectivity index (χ3n) is 0.386. The van der Waals surface area contributed by atoms with Crippen LogP contribution in [0.15, 0.2) is 15.5 Å². The Kier molecular flexibility index (Phi) is 3.74. The summed E-state index contributed by atoms with van der Waals surface area (Å²) < 4.78 is 0. The van der Waals surface area contributed by atoms with Crippen molar-refractivity contribution in [1.82, 2.24) is 5.01 Å². The van der Waals surface area contributed by atoms with Crippen LogP contribution in [0.3, 0.4) is 0 Å². The predicted octanol–water partition coefficient (Wildman–Crippen LogP) is 0.921. The van der Waals surface area contributed by atoms with Gasteiger partial charge in [-0.1, -0.05) is 5.22 Å². The Morgan fingerprint density at radius 1 is 1.38 bits per heavy atom. The molecular formula is C4H10N4. The van der Waals surface area contributed by atoms with Crippen molar-refractivity contribution in [3.8, 4) is 0 Å². The van der Waals surface area contributed by atoms with E-state index >= 15 is 0 Å². The van der Waals surface area contributed by atoms with Gasteiger partial charge in [0.1, 0.15) is 0 Å². The highest BCUT2D eigenvalue weighted by Gasteiger charge is 1.71. The van der Waals surface area contributed by atoms with E-state index in [1.54, 1.807) is 32.2 Å². The van der Waals surface area contributed by atoms with Crippen molar-refractivity contribution in [1.29, 1.82) is 0 Å². The molecule has 0 atom stereocenters. The molecule has 0 saturated heterocycles. The van der Waals surface area contributed by atoms with E-state index in [9.17, 15) is 0 Å². The molecule has 0 aliphatic heterocycles. The highest BCUT2D eigenvalue weighted by molar-refractivity contribution is 5.52. The summed E-state index contributed by atoms with van der Waals surface area (Å²) in [4.78, 5) is 0. The van der Waals surface area contributed by atoms with Crippen LogP contribution in [0.25, 0.3) is 0 Å². The van der Waals surface area contributed by atoms with Crippen LogP contribution in [0.2, 0.25) is 0 Å². The summed E-state index contributed by atoms with van der Waals surface area (Å²) >= 11 is 0. The number of nitrogens with zero attached hydrogens (tertiary/aromatic N) is 4. The highest BCUT2D eigenvalue weighted by atomic mass is 15.6. The predicted molar refractivity (Wildman–Crippen MR) is 32.7 cm³/mol. The van der Waals surface area contributed by atoms with Gasteiger partial charge >= 0.3 is 0 Å². The van der Waals surface area contributed by atoms with Gasteiger partial charge in [-0.25, -0.2) is 0 Å². The van der Waals surface area contributed by atoms with Gasteiger partial charge in [0.15, 0.2) is 0 Å². The van der Waals surface area contributed by atoms with Gasteiger partial charge in [0, 0.05) is 20.3 Å². The second-order valence-electron chi connectivity index (χ2n) is 1.40. The standard InChI is InChI=1S/C4H10N4/c1-4-5-6-7-8(2)3/h4H,1-3H3/b5-4-,7-6-. The summed E-state index contributed by atoms with van der Waals surface area (Å²) in [5.41, 5.74) is 0. The summed E-state index contributed by atoms with van der Waals surface area (Å²) in [6, 6.07) is 0. The molecule has 0 aromatic carbocycles. The maximum absolute atomic E-state index is 3.57. The Hall–Kier alpha value is -0.930. The van der Waals surface area contributed by atoms with Crippen LogP contribution in [0.5, 0.6) is 0 Å². The summed E-state index contributed by atoms with van der Waals surface area (Å²) in [5.74, 6) is 0. The molecule has 0 aromatic heterocycles. The summed E-state index contributed by atoms with van der Waals surface area (Å²) in [7, 11) is 3.57. The van der Waals surface area contributed by atoms with Gasteiger partial charge in [0.05, 0.1) is 0 Å². The van der Waals surface area contributed by atoms with Gasteiger partial charge in [-0.2, -0.15) is 0 Å². The van der Waals surface area contributed by atoms with E-state index in [2.05, 4.69) is 15.5 Å². The normalized spacial score (nSPS) is 11.4. The zero-order valence-corrected chi connectivity index (χ0v) is 5.37. The molecule has 4 heteroatoms. The molecule has 0 bridgehead atoms. The lowest BCUT2D eigenvalue weighted by atomic mass is 10.9. The van der Waals surface area contributed by atoms with Crippen LogP contribution in [-0.2, 0) is 0 Å². The molecule has 0 aromatic rings. The molecule has 0 spiro atoms. The maximum Gasteiger partial charge on any atom is 0.0262 e. The highest BCUT2D eigenvalue weighted by Crippen LogP contribution is 1.77. The first-order valence-corrected chi connectivity index (χ1v) is 2.33. The van der Waals surface area contributed by atoms with E-state index in [4.69, 9.17) is 0 Å². The van der Waals surface area contributed by atoms with E-state index in [-0.39, 0.29) is 0 Å². The topological polar surface area (TPSA) is 40.3 Å². The molecule has 0 fully saturated rings. The Balaban J connectivity index is 3.34. The fourth-order valence-electron chi connectivity index (χ4n) is 0.155. The van der Waals surface area contributed by atoms with Crippen LogP contribution in [0, 0.1) is 0 Å². The second-order valence-corrected chi connectivity index (χ2v) is 1.40. The zero-order valence-electron chi connectivity index (χ0n) is 5.37. The molecule has 0 amide bonds. The van der Waals surface area contributed by atoms with Crippen molar-refractivity contribution in [3.63, 3.8) is 0 Å². The van der Waals surface area contributed by atoms with Gasteiger partial charge in [-0.3, -0.25) is 5.01 Å². The van der Waals surface area contributed by atoms with Crippen molar-refractivity contribution in [2.45, 2.75) is 6.92 Å². The molecular weight excluding hydrogens is 104 g/mol. The maximum atomic E-state index is 3.57. The monoisotopic (exact) mass is 114 g/mol. The summed E-state index contributed by atoms with van der Waals surface area (Å²) in [6.07, 6.45) is 1.58. The second kappa shape index (κ2) is 4.23. The summed E-state index contributed by atoms with van der Waals surface area (Å²) in [6.45, 7) is 1.79. The SMILES string of the molecule is C/C=N\N=N/N(C)C. The van der Waals surface area contributed by atoms with Gasteiger partial charge in [0.25, 0.3) is 0 Å². The molecule has 0 aliphatic carbocycles. The fraction of sp³-hybridized carbons (Fsp3) is 0.750. The molecule has 0 heterocycles. The Labute approximate surface area is 48.9 Å². The Morgan fingerprint density at radius 2 is 2.00 bits per heavy atom. The third kappa shape index (κ3) is 5.07. The van der Waals surface area contributed by atoms with E-state index in [0.717, 1.165) is 0 Å². The first-order valence-electron chi connectivity index (χ1n) is 2.33. The van der Waals surface area contributed by atoms with E-state index < -0.39 is 0 Å². The van der Waals surface area contributed by atoms with Crippen LogP contribution in [0.4, 0.5) is 0 Å². The number of rotatable bonds is 2. The zero-order chi connectivity index (χ0) is 6.41. The molecule has 46 valence electrons. The molecule has 0 rings (SSSR count). The quantitative estimate of drug-likeness (QED) is 0.299. The smallest absolute Gasteiger partial charge is 0.0262 e. The Bertz CT molecular complexity index is 94.2. The van der Waals surface area contributed by atoms with E-state index in [1.807, 2.05) is 0 Å². The average molecular weight is 114 g/mol. The molecule has 0 radical (unpaired) electrons. The average Bonchev–Trinajstić information content (AvgIpc) is 1.66. The minimum atomic E-state index is 1.58. The number of hydrogen-bond acceptors (Lipinski definition) is 2. The fourth-order valence-corrected chi connectivity index (χ4v) is 0.155. The molecule has 0 N–H and O–H groups in total. The molecule has 4 nitrogen and oxygen atoms in total. The van der Waals surface area contributed by atoms with E-state index in [0.29, 0.717) is 0 Å². The minimum Gasteiger partial charge on any atom is -0.283 e. The first kappa shape index (κ1) is 7.07. The van der Waals surface area contributed by atoms with Crippen molar-refractivity contribution in [2.24, 2.45) is 15.5 Å². The number of hydrogen-bond donors (Lipinski definition) is 0. The molecule has 0 saturated carbocycles. The van der Waals surface area contributed by atoms with Gasteiger partial charge in [0.2, 0.25) is 0 Å². The minimum absolute atomic E-state index is 1.58. The van der Waals surface area contributed by atoms with Crippen molar-refractivity contribution < 1.29 is 0 Å². The van der Waals surface area contributed by atoms with Crippen molar-refractivity contribution >= 4 is 6.21 Å². The van der Waals surface area contributed by atoms with Crippen LogP contribution < -0.4 is 0 Å². The van der Waals surface area contributed by atoms with Crippen molar-refractivity contribution in [2.75, 3.05) is 14.1 Å². The first-order chi connectivity index (χ1) is 3.77. The summed E-state index contributed by atoms with van der Waals surface area (Å²) in [5, 5.41) is 12.1. The van der Waals surface area contributed by atoms with Gasteiger partial charge in [-0.15, -0.1) is 5.10 Å². The lowest BCUT2D eigenvalue weighted by Crippen LogP contribution is -1.98. The molecule has 0 unspecified atom stereocenters. The lowest BCUT2D eigenvalue weighted by molar-refractivity contribution is 0.400. The van der Waals surface area contributed by atoms with Crippen molar-refractivity contribution in [3.05, 3.63) is 0 Å². The van der Waals surface area contributed by atoms with E-state index in [1.165, 1.54) is 0 Å². The van der Waals surface area contributed by atoms with Gasteiger partial charge in [-0.05, 0) is 12.1 Å². The Morgan fingerprint density at radius 3 is 2.38 bits per heavy atom.